The largest absolute Gasteiger partial charge is 0.493 e. The van der Waals surface area contributed by atoms with Gasteiger partial charge in [0.15, 0.2) is 11.5 Å². The first-order chi connectivity index (χ1) is 10.2. The molecule has 0 bridgehead atoms. The number of rotatable bonds is 6. The summed E-state index contributed by atoms with van der Waals surface area (Å²) in [6.07, 6.45) is 0. The van der Waals surface area contributed by atoms with Crippen LogP contribution in [-0.2, 0) is 0 Å². The van der Waals surface area contributed by atoms with Crippen molar-refractivity contribution in [3.63, 3.8) is 0 Å². The zero-order chi connectivity index (χ0) is 15.4. The average molecular weight is 291 g/mol. The quantitative estimate of drug-likeness (QED) is 0.815. The second kappa shape index (κ2) is 6.47. The van der Waals surface area contributed by atoms with Gasteiger partial charge in [0.25, 0.3) is 0 Å². The van der Waals surface area contributed by atoms with Gasteiger partial charge in [0, 0.05) is 19.2 Å². The summed E-state index contributed by atoms with van der Waals surface area (Å²) < 4.78 is 16.1. The number of hydrogen-bond acceptors (Lipinski definition) is 6. The van der Waals surface area contributed by atoms with Crippen LogP contribution in [0.25, 0.3) is 10.9 Å². The van der Waals surface area contributed by atoms with E-state index in [0.717, 1.165) is 24.0 Å². The number of methoxy groups -OCH3 is 3. The van der Waals surface area contributed by atoms with Gasteiger partial charge in [-0.1, -0.05) is 0 Å². The third kappa shape index (κ3) is 2.79. The molecule has 0 unspecified atom stereocenters. The van der Waals surface area contributed by atoms with Crippen molar-refractivity contribution in [2.75, 3.05) is 39.3 Å². The fourth-order valence-electron chi connectivity index (χ4n) is 2.22. The molecule has 0 radical (unpaired) electrons. The average Bonchev–Trinajstić information content (AvgIpc) is 2.53. The minimum atomic E-state index is 0.530. The highest BCUT2D eigenvalue weighted by Crippen LogP contribution is 2.35. The molecule has 0 aliphatic rings. The predicted octanol–water partition coefficient (Wildman–Crippen LogP) is 2.50. The Morgan fingerprint density at radius 1 is 0.905 bits per heavy atom. The van der Waals surface area contributed by atoms with Crippen molar-refractivity contribution in [3.05, 3.63) is 12.1 Å². The zero-order valence-corrected chi connectivity index (χ0v) is 13.1. The first kappa shape index (κ1) is 15.2. The monoisotopic (exact) mass is 291 g/mol. The van der Waals surface area contributed by atoms with Crippen LogP contribution in [0.5, 0.6) is 17.4 Å². The van der Waals surface area contributed by atoms with E-state index in [4.69, 9.17) is 14.2 Å². The molecule has 114 valence electrons. The molecular weight excluding hydrogens is 270 g/mol. The molecule has 6 heteroatoms. The van der Waals surface area contributed by atoms with E-state index in [2.05, 4.69) is 28.7 Å². The fraction of sp³-hybridized carbons (Fsp3) is 0.467. The molecule has 0 atom stereocenters. The first-order valence-corrected chi connectivity index (χ1v) is 6.91. The molecule has 0 aliphatic heterocycles. The molecule has 2 rings (SSSR count). The number of anilines is 1. The summed E-state index contributed by atoms with van der Waals surface area (Å²) in [6.45, 7) is 5.80. The second-order valence-electron chi connectivity index (χ2n) is 4.43. The van der Waals surface area contributed by atoms with Crippen LogP contribution in [0.1, 0.15) is 13.8 Å². The molecule has 0 saturated heterocycles. The number of hydrogen-bond donors (Lipinski definition) is 0. The molecule has 0 amide bonds. The maximum Gasteiger partial charge on any atom is 0.229 e. The van der Waals surface area contributed by atoms with Crippen LogP contribution in [0.4, 0.5) is 5.95 Å². The SMILES string of the molecule is CCN(CC)c1nc(OC)c2cc(OC)c(OC)cc2n1. The molecule has 0 fully saturated rings. The summed E-state index contributed by atoms with van der Waals surface area (Å²) in [6, 6.07) is 3.67. The van der Waals surface area contributed by atoms with Crippen LogP contribution in [0, 0.1) is 0 Å². The molecule has 0 aliphatic carbocycles. The Morgan fingerprint density at radius 3 is 2.05 bits per heavy atom. The van der Waals surface area contributed by atoms with Crippen LogP contribution in [0.15, 0.2) is 12.1 Å². The third-order valence-corrected chi connectivity index (χ3v) is 3.39. The van der Waals surface area contributed by atoms with E-state index in [0.29, 0.717) is 23.3 Å². The molecular formula is C15H21N3O3. The zero-order valence-electron chi connectivity index (χ0n) is 13.1. The van der Waals surface area contributed by atoms with Crippen molar-refractivity contribution in [1.29, 1.82) is 0 Å². The maximum absolute atomic E-state index is 5.41. The fourth-order valence-corrected chi connectivity index (χ4v) is 2.22. The van der Waals surface area contributed by atoms with E-state index >= 15 is 0 Å². The highest BCUT2D eigenvalue weighted by molar-refractivity contribution is 5.88. The Kier molecular flexibility index (Phi) is 4.67. The molecule has 0 saturated carbocycles. The lowest BCUT2D eigenvalue weighted by Crippen LogP contribution is -2.24. The molecule has 0 N–H and O–H groups in total. The van der Waals surface area contributed by atoms with Gasteiger partial charge in [-0.25, -0.2) is 4.98 Å². The van der Waals surface area contributed by atoms with Crippen LogP contribution in [0.3, 0.4) is 0 Å². The van der Waals surface area contributed by atoms with Crippen LogP contribution < -0.4 is 19.1 Å². The number of aromatic nitrogens is 2. The van der Waals surface area contributed by atoms with Crippen LogP contribution >= 0.6 is 0 Å². The molecule has 1 aromatic carbocycles. The lowest BCUT2D eigenvalue weighted by atomic mass is 10.2. The molecule has 1 heterocycles. The summed E-state index contributed by atoms with van der Waals surface area (Å²) in [5, 5.41) is 0.797. The van der Waals surface area contributed by atoms with Gasteiger partial charge in [-0.05, 0) is 19.9 Å². The third-order valence-electron chi connectivity index (χ3n) is 3.39. The Bertz CT molecular complexity index is 627. The Labute approximate surface area is 124 Å². The van der Waals surface area contributed by atoms with E-state index in [-0.39, 0.29) is 0 Å². The normalized spacial score (nSPS) is 10.5. The van der Waals surface area contributed by atoms with E-state index in [9.17, 15) is 0 Å². The van der Waals surface area contributed by atoms with Gasteiger partial charge in [0.2, 0.25) is 11.8 Å². The van der Waals surface area contributed by atoms with Gasteiger partial charge in [-0.3, -0.25) is 0 Å². The highest BCUT2D eigenvalue weighted by atomic mass is 16.5. The van der Waals surface area contributed by atoms with Crippen molar-refractivity contribution in [2.45, 2.75) is 13.8 Å². The van der Waals surface area contributed by atoms with Gasteiger partial charge < -0.3 is 19.1 Å². The van der Waals surface area contributed by atoms with E-state index in [1.54, 1.807) is 21.3 Å². The van der Waals surface area contributed by atoms with Gasteiger partial charge in [-0.2, -0.15) is 4.98 Å². The van der Waals surface area contributed by atoms with Crippen LogP contribution in [-0.4, -0.2) is 44.4 Å². The predicted molar refractivity (Wildman–Crippen MR) is 82.8 cm³/mol. The highest BCUT2D eigenvalue weighted by Gasteiger charge is 2.15. The Hall–Kier alpha value is -2.24. The van der Waals surface area contributed by atoms with E-state index < -0.39 is 0 Å². The Morgan fingerprint density at radius 2 is 1.52 bits per heavy atom. The minimum Gasteiger partial charge on any atom is -0.493 e. The van der Waals surface area contributed by atoms with Gasteiger partial charge >= 0.3 is 0 Å². The molecule has 2 aromatic rings. The van der Waals surface area contributed by atoms with Crippen LogP contribution in [0.2, 0.25) is 0 Å². The summed E-state index contributed by atoms with van der Waals surface area (Å²) in [5.74, 6) is 2.44. The number of nitrogens with zero attached hydrogens (tertiary/aromatic N) is 3. The van der Waals surface area contributed by atoms with Gasteiger partial charge in [-0.15, -0.1) is 0 Å². The minimum absolute atomic E-state index is 0.530. The Balaban J connectivity index is 2.68. The van der Waals surface area contributed by atoms with Crippen molar-refractivity contribution in [2.24, 2.45) is 0 Å². The lowest BCUT2D eigenvalue weighted by molar-refractivity contribution is 0.355. The van der Waals surface area contributed by atoms with E-state index in [1.807, 2.05) is 12.1 Å². The van der Waals surface area contributed by atoms with Crippen molar-refractivity contribution in [3.8, 4) is 17.4 Å². The first-order valence-electron chi connectivity index (χ1n) is 6.91. The van der Waals surface area contributed by atoms with Crippen molar-refractivity contribution >= 4 is 16.9 Å². The topological polar surface area (TPSA) is 56.7 Å². The van der Waals surface area contributed by atoms with Gasteiger partial charge in [0.1, 0.15) is 0 Å². The van der Waals surface area contributed by atoms with Crippen molar-refractivity contribution < 1.29 is 14.2 Å². The molecule has 0 spiro atoms. The summed E-state index contributed by atoms with van der Waals surface area (Å²) in [5.41, 5.74) is 0.765. The second-order valence-corrected chi connectivity index (χ2v) is 4.43. The summed E-state index contributed by atoms with van der Waals surface area (Å²) in [7, 11) is 4.80. The standard InChI is InChI=1S/C15H21N3O3/c1-6-18(7-2)15-16-11-9-13(20-4)12(19-3)8-10(11)14(17-15)21-5/h8-9H,6-7H2,1-5H3. The lowest BCUT2D eigenvalue weighted by Gasteiger charge is -2.20. The maximum atomic E-state index is 5.41. The molecule has 6 nitrogen and oxygen atoms in total. The van der Waals surface area contributed by atoms with Crippen molar-refractivity contribution in [1.82, 2.24) is 9.97 Å². The molecule has 21 heavy (non-hydrogen) atoms. The summed E-state index contributed by atoms with van der Waals surface area (Å²) >= 11 is 0. The van der Waals surface area contributed by atoms with E-state index in [1.165, 1.54) is 0 Å². The van der Waals surface area contributed by atoms with Gasteiger partial charge in [0.05, 0.1) is 32.2 Å². The number of benzene rings is 1. The number of fused-ring (bicyclic) bond motifs is 1. The molecule has 1 aromatic heterocycles. The number of ether oxygens (including phenoxy) is 3. The smallest absolute Gasteiger partial charge is 0.229 e. The summed E-state index contributed by atoms with van der Waals surface area (Å²) in [4.78, 5) is 11.2.